The molecule has 0 bridgehead atoms. The minimum absolute atomic E-state index is 0.133. The second-order valence-corrected chi connectivity index (χ2v) is 5.08. The lowest BCUT2D eigenvalue weighted by atomic mass is 10.2. The van der Waals surface area contributed by atoms with E-state index in [1.165, 1.54) is 19.2 Å². The van der Waals surface area contributed by atoms with E-state index >= 15 is 0 Å². The summed E-state index contributed by atoms with van der Waals surface area (Å²) in [5.41, 5.74) is 0.133. The van der Waals surface area contributed by atoms with E-state index in [1.807, 2.05) is 0 Å². The van der Waals surface area contributed by atoms with E-state index in [0.717, 1.165) is 0 Å². The zero-order valence-corrected chi connectivity index (χ0v) is 10.8. The number of ketones is 1. The van der Waals surface area contributed by atoms with Crippen molar-refractivity contribution in [2.75, 3.05) is 6.54 Å². The number of urea groups is 1. The number of amides is 2. The van der Waals surface area contributed by atoms with Gasteiger partial charge in [-0.3, -0.25) is 4.79 Å². The van der Waals surface area contributed by atoms with Crippen LogP contribution in [0.2, 0.25) is 0 Å². The van der Waals surface area contributed by atoms with Gasteiger partial charge in [-0.1, -0.05) is 40.9 Å². The third-order valence-electron chi connectivity index (χ3n) is 1.44. The van der Waals surface area contributed by atoms with Gasteiger partial charge in [-0.15, -0.1) is 6.58 Å². The highest BCUT2D eigenvalue weighted by atomic mass is 35.6. The highest BCUT2D eigenvalue weighted by Crippen LogP contribution is 2.29. The van der Waals surface area contributed by atoms with Crippen LogP contribution in [0.5, 0.6) is 0 Å². The molecule has 0 atom stereocenters. The maximum Gasteiger partial charge on any atom is 0.319 e. The van der Waals surface area contributed by atoms with Crippen molar-refractivity contribution in [1.29, 1.82) is 0 Å². The smallest absolute Gasteiger partial charge is 0.319 e. The Kier molecular flexibility index (Phi) is 6.48. The number of hydrogen-bond acceptors (Lipinski definition) is 2. The van der Waals surface area contributed by atoms with Gasteiger partial charge in [0, 0.05) is 18.3 Å². The molecule has 0 unspecified atom stereocenters. The Hall–Kier alpha value is -0.710. The summed E-state index contributed by atoms with van der Waals surface area (Å²) in [6, 6.07) is -0.476. The lowest BCUT2D eigenvalue weighted by Crippen LogP contribution is -2.33. The predicted octanol–water partition coefficient (Wildman–Crippen LogP) is 2.31. The number of rotatable bonds is 4. The zero-order valence-electron chi connectivity index (χ0n) is 8.52. The van der Waals surface area contributed by atoms with E-state index in [0.29, 0.717) is 6.54 Å². The molecule has 0 spiro atoms. The summed E-state index contributed by atoms with van der Waals surface area (Å²) in [7, 11) is 0. The van der Waals surface area contributed by atoms with Crippen LogP contribution in [0.4, 0.5) is 4.79 Å². The number of halogens is 3. The Labute approximate surface area is 109 Å². The van der Waals surface area contributed by atoms with Crippen LogP contribution in [0.1, 0.15) is 6.92 Å². The summed E-state index contributed by atoms with van der Waals surface area (Å²) in [6.07, 6.45) is 2.69. The average Bonchev–Trinajstić information content (AvgIpc) is 2.20. The van der Waals surface area contributed by atoms with E-state index in [9.17, 15) is 9.59 Å². The second-order valence-electron chi connectivity index (χ2n) is 2.80. The molecule has 0 aromatic carbocycles. The molecule has 0 aliphatic heterocycles. The van der Waals surface area contributed by atoms with Gasteiger partial charge < -0.3 is 10.6 Å². The molecule has 0 saturated heterocycles. The molecule has 7 heteroatoms. The topological polar surface area (TPSA) is 58.2 Å². The van der Waals surface area contributed by atoms with Crippen molar-refractivity contribution in [1.82, 2.24) is 10.6 Å². The normalized spacial score (nSPS) is 11.9. The van der Waals surface area contributed by atoms with E-state index in [-0.39, 0.29) is 5.57 Å². The fourth-order valence-corrected chi connectivity index (χ4v) is 1.13. The molecule has 4 nitrogen and oxygen atoms in total. The Bertz CT molecular complexity index is 321. The average molecular weight is 286 g/mol. The monoisotopic (exact) mass is 284 g/mol. The Morgan fingerprint density at radius 3 is 2.38 bits per heavy atom. The largest absolute Gasteiger partial charge is 0.334 e. The van der Waals surface area contributed by atoms with Gasteiger partial charge >= 0.3 is 6.03 Å². The molecule has 90 valence electrons. The Balaban J connectivity index is 4.29. The quantitative estimate of drug-likeness (QED) is 0.473. The fraction of sp³-hybridized carbons (Fsp3) is 0.333. The van der Waals surface area contributed by atoms with Gasteiger partial charge in [0.05, 0.1) is 0 Å². The highest BCUT2D eigenvalue weighted by Gasteiger charge is 2.31. The number of hydrogen-bond donors (Lipinski definition) is 2. The molecule has 16 heavy (non-hydrogen) atoms. The van der Waals surface area contributed by atoms with Crippen LogP contribution in [-0.4, -0.2) is 22.2 Å². The van der Waals surface area contributed by atoms with Crippen LogP contribution < -0.4 is 10.6 Å². The van der Waals surface area contributed by atoms with E-state index in [4.69, 9.17) is 34.8 Å². The molecule has 2 N–H and O–H groups in total. The van der Waals surface area contributed by atoms with Crippen LogP contribution >= 0.6 is 34.8 Å². The first-order valence-electron chi connectivity index (χ1n) is 4.22. The van der Waals surface area contributed by atoms with Gasteiger partial charge in [0.15, 0.2) is 0 Å². The molecule has 0 saturated carbocycles. The van der Waals surface area contributed by atoms with E-state index in [1.54, 1.807) is 0 Å². The number of Topliss-reactive ketones (excluding diaryl/α,β-unsaturated/α-hetero) is 1. The standard InChI is InChI=1S/C9H11Cl3N2O2/c1-3-4-13-8(16)14-5-6(2)7(15)9(10,11)12/h3,5H,1,4H2,2H3,(H2,13,14,16)/b6-5+. The molecular formula is C9H11Cl3N2O2. The van der Waals surface area contributed by atoms with Crippen molar-refractivity contribution in [2.45, 2.75) is 10.7 Å². The predicted molar refractivity (Wildman–Crippen MR) is 65.8 cm³/mol. The first-order valence-corrected chi connectivity index (χ1v) is 5.36. The third-order valence-corrected chi connectivity index (χ3v) is 1.96. The van der Waals surface area contributed by atoms with Crippen molar-refractivity contribution >= 4 is 46.6 Å². The van der Waals surface area contributed by atoms with Gasteiger partial charge in [0.25, 0.3) is 3.79 Å². The summed E-state index contributed by atoms with van der Waals surface area (Å²) >= 11 is 16.1. The summed E-state index contributed by atoms with van der Waals surface area (Å²) in [5.74, 6) is -0.693. The molecule has 0 aliphatic carbocycles. The summed E-state index contributed by atoms with van der Waals surface area (Å²) in [4.78, 5) is 22.4. The van der Waals surface area contributed by atoms with Gasteiger partial charge in [-0.25, -0.2) is 4.79 Å². The molecule has 0 aromatic rings. The van der Waals surface area contributed by atoms with Crippen LogP contribution in [0.3, 0.4) is 0 Å². The minimum atomic E-state index is -2.01. The Morgan fingerprint density at radius 2 is 1.94 bits per heavy atom. The van der Waals surface area contributed by atoms with Crippen LogP contribution in [0.25, 0.3) is 0 Å². The van der Waals surface area contributed by atoms with Crippen molar-refractivity contribution in [3.63, 3.8) is 0 Å². The highest BCUT2D eigenvalue weighted by molar-refractivity contribution is 6.77. The van der Waals surface area contributed by atoms with Crippen LogP contribution in [-0.2, 0) is 4.79 Å². The number of nitrogens with one attached hydrogen (secondary N) is 2. The molecule has 0 radical (unpaired) electrons. The molecule has 0 heterocycles. The van der Waals surface area contributed by atoms with Crippen LogP contribution in [0, 0.1) is 0 Å². The summed E-state index contributed by atoms with van der Waals surface area (Å²) in [6.45, 7) is 5.17. The number of carbonyl (C=O) groups is 2. The maximum atomic E-state index is 11.3. The molecule has 0 rings (SSSR count). The first kappa shape index (κ1) is 15.3. The second kappa shape index (κ2) is 6.78. The zero-order chi connectivity index (χ0) is 12.8. The SMILES string of the molecule is C=CCNC(=O)N/C=C(\C)C(=O)C(Cl)(Cl)Cl. The maximum absolute atomic E-state index is 11.3. The Morgan fingerprint density at radius 1 is 1.38 bits per heavy atom. The summed E-state index contributed by atoms with van der Waals surface area (Å²) < 4.78 is -2.01. The molecule has 0 aromatic heterocycles. The third kappa shape index (κ3) is 6.00. The van der Waals surface area contributed by atoms with Crippen molar-refractivity contribution in [2.24, 2.45) is 0 Å². The van der Waals surface area contributed by atoms with Gasteiger partial charge in [0.2, 0.25) is 5.78 Å². The van der Waals surface area contributed by atoms with E-state index in [2.05, 4.69) is 17.2 Å². The van der Waals surface area contributed by atoms with Crippen LogP contribution in [0.15, 0.2) is 24.4 Å². The molecule has 0 aliphatic rings. The van der Waals surface area contributed by atoms with Crippen molar-refractivity contribution in [3.8, 4) is 0 Å². The minimum Gasteiger partial charge on any atom is -0.334 e. The van der Waals surface area contributed by atoms with E-state index < -0.39 is 15.6 Å². The number of alkyl halides is 3. The van der Waals surface area contributed by atoms with Crippen molar-refractivity contribution in [3.05, 3.63) is 24.4 Å². The summed E-state index contributed by atoms with van der Waals surface area (Å²) in [5, 5.41) is 4.76. The van der Waals surface area contributed by atoms with Gasteiger partial charge in [-0.2, -0.15) is 0 Å². The molecular weight excluding hydrogens is 274 g/mol. The van der Waals surface area contributed by atoms with Gasteiger partial charge in [-0.05, 0) is 6.92 Å². The number of allylic oxidation sites excluding steroid dienone is 1. The van der Waals surface area contributed by atoms with Gasteiger partial charge in [0.1, 0.15) is 0 Å². The first-order chi connectivity index (χ1) is 7.29. The fourth-order valence-electron chi connectivity index (χ4n) is 0.679. The lowest BCUT2D eigenvalue weighted by Gasteiger charge is -2.09. The molecule has 0 fully saturated rings. The van der Waals surface area contributed by atoms with Crippen molar-refractivity contribution < 1.29 is 9.59 Å². The number of carbonyl (C=O) groups excluding carboxylic acids is 2. The lowest BCUT2D eigenvalue weighted by molar-refractivity contribution is -0.114. The molecule has 2 amide bonds.